The molecule has 0 spiro atoms. The predicted octanol–water partition coefficient (Wildman–Crippen LogP) is 2.09. The van der Waals surface area contributed by atoms with Crippen LogP contribution in [0.4, 0.5) is 0 Å². The maximum atomic E-state index is 12.4. The molecule has 0 radical (unpaired) electrons. The number of nitrogens with zero attached hydrogens (tertiary/aromatic N) is 3. The van der Waals surface area contributed by atoms with Gasteiger partial charge in [-0.2, -0.15) is 0 Å². The molecular formula is C14H18ClN3O3. The minimum Gasteiger partial charge on any atom is -0.481 e. The molecule has 1 aromatic heterocycles. The van der Waals surface area contributed by atoms with Gasteiger partial charge in [0.15, 0.2) is 10.8 Å². The van der Waals surface area contributed by atoms with Crippen LogP contribution < -0.4 is 0 Å². The van der Waals surface area contributed by atoms with E-state index in [-0.39, 0.29) is 22.7 Å². The first kappa shape index (κ1) is 15.7. The van der Waals surface area contributed by atoms with Crippen LogP contribution in [0.5, 0.6) is 0 Å². The summed E-state index contributed by atoms with van der Waals surface area (Å²) < 4.78 is 0. The number of rotatable bonds is 3. The van der Waals surface area contributed by atoms with Crippen molar-refractivity contribution in [2.24, 2.45) is 11.3 Å². The first-order valence-electron chi connectivity index (χ1n) is 6.84. The first-order valence-corrected chi connectivity index (χ1v) is 7.22. The zero-order chi connectivity index (χ0) is 15.6. The molecule has 1 saturated heterocycles. The van der Waals surface area contributed by atoms with E-state index in [0.29, 0.717) is 13.1 Å². The number of carbonyl (C=O) groups excluding carboxylic acids is 1. The molecule has 0 aliphatic carbocycles. The summed E-state index contributed by atoms with van der Waals surface area (Å²) in [4.78, 5) is 25.4. The second-order valence-corrected chi connectivity index (χ2v) is 6.25. The van der Waals surface area contributed by atoms with Crippen molar-refractivity contribution in [1.82, 2.24) is 15.1 Å². The van der Waals surface area contributed by atoms with Gasteiger partial charge in [-0.25, -0.2) is 0 Å². The monoisotopic (exact) mass is 311 g/mol. The molecule has 1 atom stereocenters. The van der Waals surface area contributed by atoms with Crippen molar-refractivity contribution < 1.29 is 14.7 Å². The second-order valence-electron chi connectivity index (χ2n) is 5.86. The molecule has 2 rings (SSSR count). The summed E-state index contributed by atoms with van der Waals surface area (Å²) in [6.07, 6.45) is 1.59. The van der Waals surface area contributed by atoms with E-state index in [4.69, 9.17) is 11.6 Å². The summed E-state index contributed by atoms with van der Waals surface area (Å²) in [5, 5.41) is 17.0. The Morgan fingerprint density at radius 3 is 2.67 bits per heavy atom. The molecule has 1 fully saturated rings. The number of carboxylic acid groups (broad SMARTS) is 1. The van der Waals surface area contributed by atoms with Gasteiger partial charge < -0.3 is 10.0 Å². The molecule has 1 aromatic rings. The Hall–Kier alpha value is -1.69. The summed E-state index contributed by atoms with van der Waals surface area (Å²) in [5.41, 5.74) is -0.627. The van der Waals surface area contributed by atoms with Gasteiger partial charge >= 0.3 is 5.97 Å². The molecule has 1 amide bonds. The van der Waals surface area contributed by atoms with Gasteiger partial charge in [-0.15, -0.1) is 10.2 Å². The molecule has 2 heterocycles. The average Bonchev–Trinajstić information content (AvgIpc) is 2.47. The molecule has 1 unspecified atom stereocenters. The number of hydrogen-bond acceptors (Lipinski definition) is 4. The van der Waals surface area contributed by atoms with Crippen molar-refractivity contribution in [3.63, 3.8) is 0 Å². The van der Waals surface area contributed by atoms with Gasteiger partial charge in [-0.05, 0) is 44.7 Å². The molecule has 1 aliphatic rings. The molecule has 6 nitrogen and oxygen atoms in total. The van der Waals surface area contributed by atoms with Gasteiger partial charge in [-0.1, -0.05) is 11.6 Å². The fourth-order valence-corrected chi connectivity index (χ4v) is 2.62. The first-order chi connectivity index (χ1) is 9.82. The number of piperidine rings is 1. The topological polar surface area (TPSA) is 83.4 Å². The van der Waals surface area contributed by atoms with Crippen LogP contribution in [0.15, 0.2) is 12.1 Å². The van der Waals surface area contributed by atoms with Crippen LogP contribution in [0, 0.1) is 11.3 Å². The predicted molar refractivity (Wildman–Crippen MR) is 77.1 cm³/mol. The highest BCUT2D eigenvalue weighted by atomic mass is 35.5. The van der Waals surface area contributed by atoms with Crippen molar-refractivity contribution in [3.05, 3.63) is 23.0 Å². The van der Waals surface area contributed by atoms with E-state index in [1.165, 1.54) is 12.1 Å². The Bertz CT molecular complexity index is 545. The fraction of sp³-hybridized carbons (Fsp3) is 0.571. The Morgan fingerprint density at radius 2 is 2.10 bits per heavy atom. The number of aliphatic carboxylic acids is 1. The third kappa shape index (κ3) is 3.32. The highest BCUT2D eigenvalue weighted by molar-refractivity contribution is 6.29. The van der Waals surface area contributed by atoms with Crippen LogP contribution in [0.25, 0.3) is 0 Å². The number of carboxylic acids is 1. The van der Waals surface area contributed by atoms with Crippen molar-refractivity contribution in [3.8, 4) is 0 Å². The van der Waals surface area contributed by atoms with E-state index >= 15 is 0 Å². The lowest BCUT2D eigenvalue weighted by Crippen LogP contribution is -2.47. The number of aromatic nitrogens is 2. The molecule has 114 valence electrons. The normalized spacial score (nSPS) is 19.4. The minimum absolute atomic E-state index is 0.0760. The van der Waals surface area contributed by atoms with E-state index in [9.17, 15) is 14.7 Å². The SMILES string of the molecule is CC(C)(C(=O)O)C1CCCN(C(=O)c2ccc(Cl)nn2)C1. The van der Waals surface area contributed by atoms with Gasteiger partial charge in [-0.3, -0.25) is 9.59 Å². The number of amides is 1. The zero-order valence-electron chi connectivity index (χ0n) is 12.0. The number of likely N-dealkylation sites (tertiary alicyclic amines) is 1. The fourth-order valence-electron chi connectivity index (χ4n) is 2.52. The quantitative estimate of drug-likeness (QED) is 0.924. The van der Waals surface area contributed by atoms with Crippen molar-refractivity contribution in [1.29, 1.82) is 0 Å². The lowest BCUT2D eigenvalue weighted by Gasteiger charge is -2.39. The van der Waals surface area contributed by atoms with Crippen LogP contribution in [-0.4, -0.2) is 45.2 Å². The van der Waals surface area contributed by atoms with Gasteiger partial charge in [0.1, 0.15) is 0 Å². The molecule has 0 saturated carbocycles. The third-order valence-electron chi connectivity index (χ3n) is 4.13. The number of hydrogen-bond donors (Lipinski definition) is 1. The van der Waals surface area contributed by atoms with Crippen molar-refractivity contribution in [2.45, 2.75) is 26.7 Å². The van der Waals surface area contributed by atoms with Crippen LogP contribution in [0.1, 0.15) is 37.2 Å². The van der Waals surface area contributed by atoms with Crippen LogP contribution >= 0.6 is 11.6 Å². The summed E-state index contributed by atoms with van der Waals surface area (Å²) in [7, 11) is 0. The highest BCUT2D eigenvalue weighted by Crippen LogP contribution is 2.34. The molecule has 21 heavy (non-hydrogen) atoms. The van der Waals surface area contributed by atoms with Gasteiger partial charge in [0.2, 0.25) is 0 Å². The van der Waals surface area contributed by atoms with E-state index in [1.807, 2.05) is 0 Å². The van der Waals surface area contributed by atoms with Crippen LogP contribution in [0.3, 0.4) is 0 Å². The number of halogens is 1. The average molecular weight is 312 g/mol. The Labute approximate surface area is 128 Å². The highest BCUT2D eigenvalue weighted by Gasteiger charge is 2.40. The summed E-state index contributed by atoms with van der Waals surface area (Å²) >= 11 is 5.66. The van der Waals surface area contributed by atoms with Crippen molar-refractivity contribution in [2.75, 3.05) is 13.1 Å². The second kappa shape index (κ2) is 5.97. The Kier molecular flexibility index (Phi) is 4.46. The van der Waals surface area contributed by atoms with Crippen LogP contribution in [0.2, 0.25) is 5.15 Å². The van der Waals surface area contributed by atoms with Gasteiger partial charge in [0.05, 0.1) is 5.41 Å². The third-order valence-corrected chi connectivity index (χ3v) is 4.33. The molecule has 0 bridgehead atoms. The lowest BCUT2D eigenvalue weighted by atomic mass is 9.74. The smallest absolute Gasteiger partial charge is 0.309 e. The zero-order valence-corrected chi connectivity index (χ0v) is 12.8. The summed E-state index contributed by atoms with van der Waals surface area (Å²) in [6, 6.07) is 3.05. The largest absolute Gasteiger partial charge is 0.481 e. The van der Waals surface area contributed by atoms with Crippen LogP contribution in [-0.2, 0) is 4.79 Å². The molecular weight excluding hydrogens is 294 g/mol. The Balaban J connectivity index is 2.12. The van der Waals surface area contributed by atoms with E-state index in [0.717, 1.165) is 12.8 Å². The molecule has 0 aromatic carbocycles. The van der Waals surface area contributed by atoms with E-state index < -0.39 is 11.4 Å². The maximum absolute atomic E-state index is 12.4. The van der Waals surface area contributed by atoms with Crippen molar-refractivity contribution >= 4 is 23.5 Å². The van der Waals surface area contributed by atoms with Gasteiger partial charge in [0.25, 0.3) is 5.91 Å². The summed E-state index contributed by atoms with van der Waals surface area (Å²) in [6.45, 7) is 4.43. The Morgan fingerprint density at radius 1 is 1.38 bits per heavy atom. The van der Waals surface area contributed by atoms with E-state index in [2.05, 4.69) is 10.2 Å². The lowest BCUT2D eigenvalue weighted by molar-refractivity contribution is -0.151. The maximum Gasteiger partial charge on any atom is 0.309 e. The standard InChI is InChI=1S/C14H18ClN3O3/c1-14(2,13(20)21)9-4-3-7-18(8-9)12(19)10-5-6-11(15)17-16-10/h5-6,9H,3-4,7-8H2,1-2H3,(H,20,21). The van der Waals surface area contributed by atoms with Gasteiger partial charge in [0, 0.05) is 13.1 Å². The molecule has 1 N–H and O–H groups in total. The number of carbonyl (C=O) groups is 2. The molecule has 1 aliphatic heterocycles. The van der Waals surface area contributed by atoms with E-state index in [1.54, 1.807) is 18.7 Å². The summed E-state index contributed by atoms with van der Waals surface area (Å²) in [5.74, 6) is -1.15. The molecule has 7 heteroatoms. The minimum atomic E-state index is -0.857.